The number of anilines is 4. The molecule has 1 aliphatic carbocycles. The summed E-state index contributed by atoms with van der Waals surface area (Å²) in [5, 5.41) is 16.0. The Morgan fingerprint density at radius 2 is 1.74 bits per heavy atom. The van der Waals surface area contributed by atoms with Crippen LogP contribution in [0.3, 0.4) is 0 Å². The predicted octanol–water partition coefficient (Wildman–Crippen LogP) is 7.92. The van der Waals surface area contributed by atoms with Crippen molar-refractivity contribution in [3.8, 4) is 5.75 Å². The number of nitro groups is 1. The Labute approximate surface area is 362 Å². The molecule has 322 valence electrons. The highest BCUT2D eigenvalue weighted by atomic mass is 35.5. The quantitative estimate of drug-likeness (QED) is 0.105. The number of fused-ring (bicyclic) bond motifs is 1. The van der Waals surface area contributed by atoms with E-state index in [1.807, 2.05) is 29.2 Å². The van der Waals surface area contributed by atoms with Crippen molar-refractivity contribution in [3.05, 3.63) is 111 Å². The number of halogens is 1. The number of hydrogen-bond donors (Lipinski definition) is 2. The molecule has 0 atom stereocenters. The summed E-state index contributed by atoms with van der Waals surface area (Å²) >= 11 is 6.25. The zero-order valence-corrected chi connectivity index (χ0v) is 36.1. The number of nitro benzene ring substituents is 1. The van der Waals surface area contributed by atoms with Gasteiger partial charge < -0.3 is 24.6 Å². The van der Waals surface area contributed by atoms with Crippen LogP contribution in [0.1, 0.15) is 61.9 Å². The number of piperazine rings is 1. The van der Waals surface area contributed by atoms with E-state index in [2.05, 4.69) is 50.8 Å². The van der Waals surface area contributed by atoms with Gasteiger partial charge in [0.05, 0.1) is 39.5 Å². The molecule has 0 spiro atoms. The van der Waals surface area contributed by atoms with E-state index in [1.54, 1.807) is 24.5 Å². The number of rotatable bonds is 12. The number of sulfonamides is 1. The maximum absolute atomic E-state index is 14.1. The molecule has 4 heterocycles. The highest BCUT2D eigenvalue weighted by molar-refractivity contribution is 7.90. The van der Waals surface area contributed by atoms with Crippen molar-refractivity contribution < 1.29 is 27.6 Å². The number of nitrogens with zero attached hydrogens (tertiary/aromatic N) is 5. The van der Waals surface area contributed by atoms with Crippen molar-refractivity contribution in [2.45, 2.75) is 50.8 Å². The van der Waals surface area contributed by atoms with Gasteiger partial charge in [-0.2, -0.15) is 0 Å². The van der Waals surface area contributed by atoms with Crippen molar-refractivity contribution in [1.82, 2.24) is 14.6 Å². The fraction of sp³-hybridized carbons (Fsp3) is 0.422. The second-order valence-electron chi connectivity index (χ2n) is 17.0. The average Bonchev–Trinajstić information content (AvgIpc) is 3.26. The van der Waals surface area contributed by atoms with Crippen molar-refractivity contribution in [1.29, 1.82) is 0 Å². The van der Waals surface area contributed by atoms with Gasteiger partial charge in [-0.15, -0.1) is 0 Å². The van der Waals surface area contributed by atoms with Crippen molar-refractivity contribution in [3.63, 3.8) is 0 Å². The van der Waals surface area contributed by atoms with E-state index in [9.17, 15) is 23.3 Å². The van der Waals surface area contributed by atoms with Gasteiger partial charge in [0.15, 0.2) is 5.75 Å². The molecule has 3 aliphatic heterocycles. The summed E-state index contributed by atoms with van der Waals surface area (Å²) in [4.78, 5) is 36.2. The van der Waals surface area contributed by atoms with Crippen LogP contribution in [0.2, 0.25) is 5.02 Å². The number of aromatic nitrogens is 1. The Morgan fingerprint density at radius 3 is 2.49 bits per heavy atom. The third-order valence-electron chi connectivity index (χ3n) is 12.3. The minimum atomic E-state index is -4.53. The fourth-order valence-electron chi connectivity index (χ4n) is 8.77. The van der Waals surface area contributed by atoms with Gasteiger partial charge in [0, 0.05) is 75.5 Å². The Balaban J connectivity index is 1.02. The zero-order chi connectivity index (χ0) is 42.7. The predicted molar refractivity (Wildman–Crippen MR) is 238 cm³/mol. The molecule has 0 bridgehead atoms. The standard InChI is InChI=1S/C45H52ClN7O7S/c1-45(2)15-11-33(38(27-45)32-3-5-34(46)6-4-32)30-50-17-19-51(20-18-50)35-7-9-37(41(25-35)52-21-24-60-43-29-47-16-12-40(43)52)44(54)49-61(57,58)36-8-10-39(42(26-36)53(55)56)48-28-31-13-22-59-23-14-31/h3-10,12,16,25-26,29,31,48H,11,13-15,17-24,27-28,30H2,1-2H3,(H,49,54). The van der Waals surface area contributed by atoms with E-state index in [0.717, 1.165) is 81.6 Å². The molecule has 2 fully saturated rings. The molecule has 0 unspecified atom stereocenters. The van der Waals surface area contributed by atoms with Crippen LogP contribution < -0.4 is 24.6 Å². The number of allylic oxidation sites excluding steroid dienone is 1. The van der Waals surface area contributed by atoms with E-state index in [-0.39, 0.29) is 22.6 Å². The van der Waals surface area contributed by atoms with Gasteiger partial charge in [-0.3, -0.25) is 24.8 Å². The number of nitrogens with one attached hydrogen (secondary N) is 2. The van der Waals surface area contributed by atoms with Crippen LogP contribution in [0.25, 0.3) is 5.57 Å². The van der Waals surface area contributed by atoms with Crippen LogP contribution in [-0.4, -0.2) is 94.8 Å². The molecular weight excluding hydrogens is 818 g/mol. The van der Waals surface area contributed by atoms with Crippen molar-refractivity contribution in [2.75, 3.05) is 80.8 Å². The second kappa shape index (κ2) is 18.0. The molecule has 2 saturated heterocycles. The summed E-state index contributed by atoms with van der Waals surface area (Å²) in [5.41, 5.74) is 6.41. The third-order valence-corrected chi connectivity index (χ3v) is 13.9. The highest BCUT2D eigenvalue weighted by Gasteiger charge is 2.32. The maximum atomic E-state index is 14.1. The van der Waals surface area contributed by atoms with Gasteiger partial charge in [0.25, 0.3) is 21.6 Å². The van der Waals surface area contributed by atoms with Crippen LogP contribution >= 0.6 is 11.6 Å². The van der Waals surface area contributed by atoms with Gasteiger partial charge in [-0.05, 0) is 103 Å². The Bertz CT molecular complexity index is 2410. The van der Waals surface area contributed by atoms with Crippen molar-refractivity contribution >= 4 is 61.5 Å². The lowest BCUT2D eigenvalue weighted by Gasteiger charge is -2.40. The molecule has 1 aromatic heterocycles. The van der Waals surface area contributed by atoms with Gasteiger partial charge in [-0.25, -0.2) is 13.1 Å². The third kappa shape index (κ3) is 9.80. The molecule has 4 aromatic rings. The molecule has 0 saturated carbocycles. The maximum Gasteiger partial charge on any atom is 0.293 e. The van der Waals surface area contributed by atoms with Crippen LogP contribution in [0.5, 0.6) is 5.75 Å². The van der Waals surface area contributed by atoms with Crippen LogP contribution in [0.15, 0.2) is 89.6 Å². The zero-order valence-electron chi connectivity index (χ0n) is 34.6. The number of pyridine rings is 1. The van der Waals surface area contributed by atoms with Crippen molar-refractivity contribution in [2.24, 2.45) is 11.3 Å². The second-order valence-corrected chi connectivity index (χ2v) is 19.2. The van der Waals surface area contributed by atoms with E-state index in [0.29, 0.717) is 50.0 Å². The molecular formula is C45H52ClN7O7S. The Hall–Kier alpha value is -5.22. The largest absolute Gasteiger partial charge is 0.488 e. The smallest absolute Gasteiger partial charge is 0.293 e. The topological polar surface area (TPSA) is 159 Å². The first kappa shape index (κ1) is 42.5. The lowest BCUT2D eigenvalue weighted by atomic mass is 9.72. The summed E-state index contributed by atoms with van der Waals surface area (Å²) in [7, 11) is -4.53. The van der Waals surface area contributed by atoms with E-state index in [4.69, 9.17) is 21.1 Å². The monoisotopic (exact) mass is 869 g/mol. The summed E-state index contributed by atoms with van der Waals surface area (Å²) in [5.74, 6) is -0.0379. The number of benzene rings is 3. The lowest BCUT2D eigenvalue weighted by Crippen LogP contribution is -2.47. The van der Waals surface area contributed by atoms with E-state index >= 15 is 0 Å². The van der Waals surface area contributed by atoms with E-state index in [1.165, 1.54) is 28.8 Å². The SMILES string of the molecule is CC1(C)CCC(CN2CCN(c3ccc(C(=O)NS(=O)(=O)c4ccc(NCC5CCOCC5)c([N+](=O)[O-])c4)c(N4CCOc5cnccc54)c3)CC2)=C(c2ccc(Cl)cc2)C1. The summed E-state index contributed by atoms with van der Waals surface area (Å²) in [6.45, 7) is 11.3. The Kier molecular flexibility index (Phi) is 12.5. The molecule has 0 radical (unpaired) electrons. The number of hydrogen-bond acceptors (Lipinski definition) is 12. The minimum absolute atomic E-state index is 0.127. The van der Waals surface area contributed by atoms with Crippen LogP contribution in [0, 0.1) is 21.4 Å². The van der Waals surface area contributed by atoms with Crippen LogP contribution in [-0.2, 0) is 14.8 Å². The minimum Gasteiger partial charge on any atom is -0.488 e. The van der Waals surface area contributed by atoms with Gasteiger partial charge in [-0.1, -0.05) is 43.2 Å². The first-order valence-corrected chi connectivity index (χ1v) is 22.8. The summed E-state index contributed by atoms with van der Waals surface area (Å²) in [6.07, 6.45) is 8.14. The molecule has 3 aromatic carbocycles. The Morgan fingerprint density at radius 1 is 0.967 bits per heavy atom. The number of ether oxygens (including phenoxy) is 2. The number of carbonyl (C=O) groups excluding carboxylic acids is 1. The molecule has 2 N–H and O–H groups in total. The van der Waals surface area contributed by atoms with Gasteiger partial charge in [0.1, 0.15) is 12.3 Å². The average molecular weight is 870 g/mol. The summed E-state index contributed by atoms with van der Waals surface area (Å²) in [6, 6.07) is 19.1. The molecule has 14 nitrogen and oxygen atoms in total. The normalized spacial score (nSPS) is 18.6. The fourth-order valence-corrected chi connectivity index (χ4v) is 9.89. The molecule has 61 heavy (non-hydrogen) atoms. The van der Waals surface area contributed by atoms with E-state index < -0.39 is 31.4 Å². The van der Waals surface area contributed by atoms with Crippen LogP contribution in [0.4, 0.5) is 28.4 Å². The molecule has 16 heteroatoms. The summed E-state index contributed by atoms with van der Waals surface area (Å²) < 4.78 is 41.1. The lowest BCUT2D eigenvalue weighted by molar-refractivity contribution is -0.384. The van der Waals surface area contributed by atoms with Gasteiger partial charge >= 0.3 is 0 Å². The molecule has 1 amide bonds. The first-order chi connectivity index (χ1) is 29.3. The number of amides is 1. The number of carbonyl (C=O) groups is 1. The first-order valence-electron chi connectivity index (χ1n) is 20.9. The molecule has 8 rings (SSSR count). The highest BCUT2D eigenvalue weighted by Crippen LogP contribution is 2.44. The molecule has 4 aliphatic rings. The van der Waals surface area contributed by atoms with Gasteiger partial charge in [0.2, 0.25) is 0 Å².